The van der Waals surface area contributed by atoms with Crippen LogP contribution in [0.5, 0.6) is 0 Å². The third kappa shape index (κ3) is 3.64. The number of aryl methyl sites for hydroxylation is 1. The van der Waals surface area contributed by atoms with E-state index in [0.29, 0.717) is 5.56 Å². The second-order valence-corrected chi connectivity index (χ2v) is 6.18. The molecule has 27 heavy (non-hydrogen) atoms. The summed E-state index contributed by atoms with van der Waals surface area (Å²) in [6, 6.07) is 6.46. The van der Waals surface area contributed by atoms with Gasteiger partial charge >= 0.3 is 18.0 Å². The van der Waals surface area contributed by atoms with Crippen molar-refractivity contribution in [3.63, 3.8) is 0 Å². The summed E-state index contributed by atoms with van der Waals surface area (Å²) in [5.74, 6) is -1.10. The third-order valence-electron chi connectivity index (χ3n) is 4.33. The van der Waals surface area contributed by atoms with Crippen molar-refractivity contribution in [3.8, 4) is 0 Å². The lowest BCUT2D eigenvalue weighted by Gasteiger charge is -2.26. The van der Waals surface area contributed by atoms with E-state index in [0.717, 1.165) is 10.9 Å². The Balaban J connectivity index is 1.84. The maximum Gasteiger partial charge on any atom is 0.340 e. The van der Waals surface area contributed by atoms with Gasteiger partial charge in [0.1, 0.15) is 6.61 Å². The zero-order valence-corrected chi connectivity index (χ0v) is 15.4. The number of aromatic nitrogens is 1. The predicted octanol–water partition coefficient (Wildman–Crippen LogP) is 1.85. The van der Waals surface area contributed by atoms with Crippen LogP contribution in [0.15, 0.2) is 41.7 Å². The van der Waals surface area contributed by atoms with E-state index in [1.165, 1.54) is 0 Å². The number of benzene rings is 1. The standard InChI is InChI=1S/C19H21N3O5/c1-4-26-18(24)16-11(2)20-19(25)21-14(16)10-27-17(23)13-9-22(3)15-8-6-5-7-12(13)15/h5-9,11H,4,10H2,1-3H3,(H2,20,21,25)/t11-/m1/s1. The largest absolute Gasteiger partial charge is 0.463 e. The number of hydrogen-bond donors (Lipinski definition) is 2. The van der Waals surface area contributed by atoms with Gasteiger partial charge in [0, 0.05) is 24.1 Å². The van der Waals surface area contributed by atoms with Crippen LogP contribution in [0.2, 0.25) is 0 Å². The van der Waals surface area contributed by atoms with Gasteiger partial charge in [0.25, 0.3) is 0 Å². The molecule has 1 aliphatic rings. The van der Waals surface area contributed by atoms with Crippen LogP contribution in [-0.2, 0) is 21.3 Å². The van der Waals surface area contributed by atoms with Crippen LogP contribution in [0.25, 0.3) is 10.9 Å². The zero-order valence-electron chi connectivity index (χ0n) is 15.4. The van der Waals surface area contributed by atoms with Crippen molar-refractivity contribution in [2.24, 2.45) is 7.05 Å². The van der Waals surface area contributed by atoms with Gasteiger partial charge in [0.15, 0.2) is 0 Å². The number of amides is 2. The van der Waals surface area contributed by atoms with E-state index in [9.17, 15) is 14.4 Å². The quantitative estimate of drug-likeness (QED) is 0.782. The van der Waals surface area contributed by atoms with Gasteiger partial charge in [-0.25, -0.2) is 14.4 Å². The van der Waals surface area contributed by atoms with Gasteiger partial charge in [-0.15, -0.1) is 0 Å². The van der Waals surface area contributed by atoms with Crippen molar-refractivity contribution in [2.45, 2.75) is 19.9 Å². The van der Waals surface area contributed by atoms with Crippen LogP contribution < -0.4 is 10.6 Å². The minimum atomic E-state index is -0.561. The Labute approximate surface area is 156 Å². The average molecular weight is 371 g/mol. The summed E-state index contributed by atoms with van der Waals surface area (Å²) in [5, 5.41) is 5.90. The monoisotopic (exact) mass is 371 g/mol. The number of nitrogens with zero attached hydrogens (tertiary/aromatic N) is 1. The summed E-state index contributed by atoms with van der Waals surface area (Å²) in [6.45, 7) is 3.32. The second-order valence-electron chi connectivity index (χ2n) is 6.18. The number of para-hydroxylation sites is 1. The Kier molecular flexibility index (Phi) is 5.16. The van der Waals surface area contributed by atoms with Crippen molar-refractivity contribution in [1.82, 2.24) is 15.2 Å². The second kappa shape index (κ2) is 7.53. The van der Waals surface area contributed by atoms with Crippen molar-refractivity contribution in [3.05, 3.63) is 47.3 Å². The van der Waals surface area contributed by atoms with Crippen LogP contribution in [0.4, 0.5) is 4.79 Å². The number of carbonyl (C=O) groups is 3. The maximum atomic E-state index is 12.6. The van der Waals surface area contributed by atoms with E-state index in [-0.39, 0.29) is 24.5 Å². The lowest BCUT2D eigenvalue weighted by atomic mass is 10.0. The summed E-state index contributed by atoms with van der Waals surface area (Å²) in [6.07, 6.45) is 1.69. The molecule has 0 radical (unpaired) electrons. The Morgan fingerprint density at radius 1 is 1.19 bits per heavy atom. The lowest BCUT2D eigenvalue weighted by molar-refractivity contribution is -0.139. The molecule has 0 saturated heterocycles. The number of rotatable bonds is 5. The maximum absolute atomic E-state index is 12.6. The molecule has 0 spiro atoms. The van der Waals surface area contributed by atoms with Gasteiger partial charge in [0.2, 0.25) is 0 Å². The van der Waals surface area contributed by atoms with E-state index in [2.05, 4.69) is 10.6 Å². The van der Waals surface area contributed by atoms with Crippen LogP contribution in [0.1, 0.15) is 24.2 Å². The van der Waals surface area contributed by atoms with E-state index < -0.39 is 24.0 Å². The summed E-state index contributed by atoms with van der Waals surface area (Å²) in [7, 11) is 1.84. The predicted molar refractivity (Wildman–Crippen MR) is 98.0 cm³/mol. The van der Waals surface area contributed by atoms with Gasteiger partial charge in [0.05, 0.1) is 29.5 Å². The molecule has 8 heteroatoms. The first-order valence-electron chi connectivity index (χ1n) is 8.61. The van der Waals surface area contributed by atoms with Crippen LogP contribution in [0.3, 0.4) is 0 Å². The van der Waals surface area contributed by atoms with Crippen molar-refractivity contribution in [1.29, 1.82) is 0 Å². The molecule has 1 atom stereocenters. The molecule has 0 unspecified atom stereocenters. The highest BCUT2D eigenvalue weighted by molar-refractivity contribution is 6.04. The summed E-state index contributed by atoms with van der Waals surface area (Å²) in [4.78, 5) is 36.5. The minimum Gasteiger partial charge on any atom is -0.463 e. The molecule has 142 valence electrons. The third-order valence-corrected chi connectivity index (χ3v) is 4.33. The molecule has 2 aromatic rings. The van der Waals surface area contributed by atoms with Gasteiger partial charge in [-0.05, 0) is 19.9 Å². The summed E-state index contributed by atoms with van der Waals surface area (Å²) >= 11 is 0. The highest BCUT2D eigenvalue weighted by Crippen LogP contribution is 2.22. The number of ether oxygens (including phenoxy) is 2. The summed E-state index contributed by atoms with van der Waals surface area (Å²) < 4.78 is 12.3. The Morgan fingerprint density at radius 3 is 2.67 bits per heavy atom. The molecule has 0 bridgehead atoms. The Bertz CT molecular complexity index is 944. The highest BCUT2D eigenvalue weighted by Gasteiger charge is 2.30. The fourth-order valence-electron chi connectivity index (χ4n) is 3.11. The molecule has 2 heterocycles. The van der Waals surface area contributed by atoms with E-state index >= 15 is 0 Å². The Hall–Kier alpha value is -3.29. The number of hydrogen-bond acceptors (Lipinski definition) is 5. The lowest BCUT2D eigenvalue weighted by Crippen LogP contribution is -2.50. The van der Waals surface area contributed by atoms with Gasteiger partial charge in [-0.2, -0.15) is 0 Å². The molecule has 0 aliphatic carbocycles. The van der Waals surface area contributed by atoms with Crippen LogP contribution in [0, 0.1) is 0 Å². The number of esters is 2. The minimum absolute atomic E-state index is 0.200. The first kappa shape index (κ1) is 18.5. The van der Waals surface area contributed by atoms with Crippen LogP contribution >= 0.6 is 0 Å². The number of nitrogens with one attached hydrogen (secondary N) is 2. The number of urea groups is 1. The Morgan fingerprint density at radius 2 is 1.93 bits per heavy atom. The molecule has 0 fully saturated rings. The first-order valence-corrected chi connectivity index (χ1v) is 8.61. The molecular formula is C19H21N3O5. The van der Waals surface area contributed by atoms with E-state index in [1.807, 2.05) is 35.9 Å². The fourth-order valence-corrected chi connectivity index (χ4v) is 3.11. The van der Waals surface area contributed by atoms with Gasteiger partial charge in [-0.1, -0.05) is 18.2 Å². The molecule has 2 amide bonds. The normalized spacial score (nSPS) is 16.7. The average Bonchev–Trinajstić information content (AvgIpc) is 2.96. The molecular weight excluding hydrogens is 350 g/mol. The molecule has 1 aliphatic heterocycles. The smallest absolute Gasteiger partial charge is 0.340 e. The fraction of sp³-hybridized carbons (Fsp3) is 0.316. The first-order chi connectivity index (χ1) is 12.9. The number of fused-ring (bicyclic) bond motifs is 1. The van der Waals surface area contributed by atoms with Crippen molar-refractivity contribution in [2.75, 3.05) is 13.2 Å². The van der Waals surface area contributed by atoms with Gasteiger partial charge < -0.3 is 24.7 Å². The van der Waals surface area contributed by atoms with Crippen LogP contribution in [-0.4, -0.2) is 41.8 Å². The molecule has 2 N–H and O–H groups in total. The number of carbonyl (C=O) groups excluding carboxylic acids is 3. The van der Waals surface area contributed by atoms with Crippen molar-refractivity contribution >= 4 is 28.9 Å². The highest BCUT2D eigenvalue weighted by atomic mass is 16.5. The molecule has 3 rings (SSSR count). The van der Waals surface area contributed by atoms with E-state index in [4.69, 9.17) is 9.47 Å². The zero-order chi connectivity index (χ0) is 19.6. The molecule has 0 saturated carbocycles. The SMILES string of the molecule is CCOC(=O)C1=C(COC(=O)c2cn(C)c3ccccc23)NC(=O)N[C@@H]1C. The van der Waals surface area contributed by atoms with E-state index in [1.54, 1.807) is 20.0 Å². The molecule has 1 aromatic carbocycles. The topological polar surface area (TPSA) is 98.7 Å². The van der Waals surface area contributed by atoms with Gasteiger partial charge in [-0.3, -0.25) is 0 Å². The molecule has 8 nitrogen and oxygen atoms in total. The van der Waals surface area contributed by atoms with Crippen molar-refractivity contribution < 1.29 is 23.9 Å². The molecule has 1 aromatic heterocycles. The summed E-state index contributed by atoms with van der Waals surface area (Å²) in [5.41, 5.74) is 1.78.